The summed E-state index contributed by atoms with van der Waals surface area (Å²) in [4.78, 5) is 75.8. The lowest BCUT2D eigenvalue weighted by Gasteiger charge is -2.13. The Balaban J connectivity index is 1.31. The van der Waals surface area contributed by atoms with Crippen molar-refractivity contribution in [2.45, 2.75) is 27.7 Å². The number of imide groups is 1. The van der Waals surface area contributed by atoms with Gasteiger partial charge in [-0.3, -0.25) is 28.9 Å². The summed E-state index contributed by atoms with van der Waals surface area (Å²) in [6.45, 7) is 5.60. The van der Waals surface area contributed by atoms with Gasteiger partial charge in [-0.15, -0.1) is 0 Å². The molecule has 1 aliphatic rings. The largest absolute Gasteiger partial charge is 0.454 e. The fourth-order valence-corrected chi connectivity index (χ4v) is 4.24. The van der Waals surface area contributed by atoms with E-state index in [1.165, 1.54) is 18.2 Å². The molecule has 216 valence electrons. The first-order valence-corrected chi connectivity index (χ1v) is 13.0. The minimum Gasteiger partial charge on any atom is -0.454 e. The first-order chi connectivity index (χ1) is 20.0. The third kappa shape index (κ3) is 6.52. The maximum atomic E-state index is 12.9. The van der Waals surface area contributed by atoms with Crippen LogP contribution in [-0.2, 0) is 23.9 Å². The van der Waals surface area contributed by atoms with E-state index in [0.717, 1.165) is 22.3 Å². The van der Waals surface area contributed by atoms with Gasteiger partial charge in [0.2, 0.25) is 0 Å². The molecule has 1 heterocycles. The van der Waals surface area contributed by atoms with Crippen molar-refractivity contribution in [3.8, 4) is 0 Å². The number of aryl methyl sites for hydroxylation is 2. The number of esters is 2. The van der Waals surface area contributed by atoms with Crippen LogP contribution in [0.5, 0.6) is 0 Å². The van der Waals surface area contributed by atoms with Gasteiger partial charge < -0.3 is 20.1 Å². The Morgan fingerprint density at radius 1 is 0.690 bits per heavy atom. The first kappa shape index (κ1) is 29.7. The Hall–Kier alpha value is -5.32. The average Bonchev–Trinajstić information content (AvgIpc) is 3.19. The summed E-state index contributed by atoms with van der Waals surface area (Å²) in [5, 5.41) is 5.33. The normalized spacial score (nSPS) is 12.0. The molecule has 2 N–H and O–H groups in total. The van der Waals surface area contributed by atoms with Crippen molar-refractivity contribution in [1.29, 1.82) is 0 Å². The lowest BCUT2D eigenvalue weighted by Crippen LogP contribution is -2.36. The van der Waals surface area contributed by atoms with Crippen LogP contribution in [0.4, 0.5) is 11.4 Å². The number of nitrogens with zero attached hydrogens (tertiary/aromatic N) is 1. The van der Waals surface area contributed by atoms with Gasteiger partial charge in [-0.05, 0) is 80.3 Å². The topological polar surface area (TPSA) is 148 Å². The molecule has 0 aromatic heterocycles. The summed E-state index contributed by atoms with van der Waals surface area (Å²) in [7, 11) is 0. The summed E-state index contributed by atoms with van der Waals surface area (Å²) in [6.07, 6.45) is 0. The highest BCUT2D eigenvalue weighted by Crippen LogP contribution is 2.25. The van der Waals surface area contributed by atoms with E-state index in [-0.39, 0.29) is 16.7 Å². The highest BCUT2D eigenvalue weighted by Gasteiger charge is 2.37. The molecule has 4 rings (SSSR count). The van der Waals surface area contributed by atoms with E-state index >= 15 is 0 Å². The van der Waals surface area contributed by atoms with E-state index in [1.807, 2.05) is 39.8 Å². The molecular weight excluding hydrogens is 542 g/mol. The average molecular weight is 572 g/mol. The molecule has 0 saturated heterocycles. The Labute approximate surface area is 241 Å². The van der Waals surface area contributed by atoms with Crippen LogP contribution in [-0.4, -0.2) is 60.2 Å². The van der Waals surface area contributed by atoms with Gasteiger partial charge in [0, 0.05) is 11.4 Å². The van der Waals surface area contributed by atoms with E-state index < -0.39 is 55.3 Å². The van der Waals surface area contributed by atoms with Crippen molar-refractivity contribution in [2.24, 2.45) is 0 Å². The maximum absolute atomic E-state index is 12.9. The summed E-state index contributed by atoms with van der Waals surface area (Å²) in [5.74, 6) is -4.52. The zero-order chi connectivity index (χ0) is 30.6. The van der Waals surface area contributed by atoms with E-state index in [9.17, 15) is 28.8 Å². The summed E-state index contributed by atoms with van der Waals surface area (Å²) in [5.41, 5.74) is 4.72. The molecule has 42 heavy (non-hydrogen) atoms. The van der Waals surface area contributed by atoms with Crippen LogP contribution < -0.4 is 10.6 Å². The second kappa shape index (κ2) is 12.5. The lowest BCUT2D eigenvalue weighted by atomic mass is 10.1. The van der Waals surface area contributed by atoms with Crippen LogP contribution in [0.1, 0.15) is 53.3 Å². The fourth-order valence-electron chi connectivity index (χ4n) is 4.24. The Kier molecular flexibility index (Phi) is 8.80. The van der Waals surface area contributed by atoms with Crippen molar-refractivity contribution < 1.29 is 38.2 Å². The standard InChI is InChI=1S/C31H29N3O8/c1-17-7-5-9-24(19(17)3)32-26(35)15-41-28(37)14-34-29(38)22-12-11-21(13-23(22)30(34)39)31(40)42-16-27(36)33-25-10-6-8-18(2)20(25)4/h5-13H,14-16H2,1-4H3,(H,32,35)(H,33,36). The van der Waals surface area contributed by atoms with Gasteiger partial charge >= 0.3 is 11.9 Å². The van der Waals surface area contributed by atoms with Crippen LogP contribution >= 0.6 is 0 Å². The Morgan fingerprint density at radius 2 is 1.21 bits per heavy atom. The highest BCUT2D eigenvalue weighted by atomic mass is 16.5. The predicted molar refractivity (Wildman–Crippen MR) is 152 cm³/mol. The number of carbonyl (C=O) groups excluding carboxylic acids is 6. The number of amides is 4. The molecule has 0 spiro atoms. The molecule has 3 aromatic carbocycles. The number of ether oxygens (including phenoxy) is 2. The Bertz CT molecular complexity index is 1630. The summed E-state index contributed by atoms with van der Waals surface area (Å²) >= 11 is 0. The SMILES string of the molecule is Cc1cccc(NC(=O)COC(=O)CN2C(=O)c3ccc(C(=O)OCC(=O)Nc4cccc(C)c4C)cc3C2=O)c1C. The van der Waals surface area contributed by atoms with Gasteiger partial charge in [0.15, 0.2) is 13.2 Å². The number of hydrogen-bond donors (Lipinski definition) is 2. The van der Waals surface area contributed by atoms with Crippen LogP contribution in [0.25, 0.3) is 0 Å². The number of anilines is 2. The number of carbonyl (C=O) groups is 6. The maximum Gasteiger partial charge on any atom is 0.338 e. The number of hydrogen-bond acceptors (Lipinski definition) is 8. The van der Waals surface area contributed by atoms with Crippen LogP contribution in [0.15, 0.2) is 54.6 Å². The monoisotopic (exact) mass is 571 g/mol. The number of nitrogens with one attached hydrogen (secondary N) is 2. The number of fused-ring (bicyclic) bond motifs is 1. The van der Waals surface area contributed by atoms with Gasteiger partial charge in [0.05, 0.1) is 16.7 Å². The molecule has 11 nitrogen and oxygen atoms in total. The smallest absolute Gasteiger partial charge is 0.338 e. The fraction of sp³-hybridized carbons (Fsp3) is 0.226. The highest BCUT2D eigenvalue weighted by molar-refractivity contribution is 6.22. The second-order valence-corrected chi connectivity index (χ2v) is 9.78. The molecule has 11 heteroatoms. The van der Waals surface area contributed by atoms with E-state index in [0.29, 0.717) is 16.3 Å². The minimum absolute atomic E-state index is 0.00955. The lowest BCUT2D eigenvalue weighted by molar-refractivity contribution is -0.147. The minimum atomic E-state index is -0.963. The van der Waals surface area contributed by atoms with Gasteiger partial charge in [-0.2, -0.15) is 0 Å². The van der Waals surface area contributed by atoms with E-state index in [1.54, 1.807) is 24.3 Å². The quantitative estimate of drug-likeness (QED) is 0.293. The third-order valence-corrected chi connectivity index (χ3v) is 6.95. The molecule has 0 saturated carbocycles. The van der Waals surface area contributed by atoms with Crippen molar-refractivity contribution in [3.63, 3.8) is 0 Å². The van der Waals surface area contributed by atoms with Gasteiger partial charge in [-0.25, -0.2) is 4.79 Å². The van der Waals surface area contributed by atoms with Crippen LogP contribution in [0.3, 0.4) is 0 Å². The van der Waals surface area contributed by atoms with Crippen molar-refractivity contribution in [1.82, 2.24) is 4.90 Å². The molecule has 0 atom stereocenters. The van der Waals surface area contributed by atoms with Crippen LogP contribution in [0.2, 0.25) is 0 Å². The molecule has 3 aromatic rings. The van der Waals surface area contributed by atoms with Crippen molar-refractivity contribution in [2.75, 3.05) is 30.4 Å². The molecule has 0 aliphatic carbocycles. The van der Waals surface area contributed by atoms with Crippen molar-refractivity contribution >= 4 is 46.9 Å². The number of benzene rings is 3. The third-order valence-electron chi connectivity index (χ3n) is 6.95. The Morgan fingerprint density at radius 3 is 1.79 bits per heavy atom. The molecule has 0 fully saturated rings. The molecular formula is C31H29N3O8. The first-order valence-electron chi connectivity index (χ1n) is 13.0. The molecule has 0 unspecified atom stereocenters. The van der Waals surface area contributed by atoms with Crippen molar-refractivity contribution in [3.05, 3.63) is 93.5 Å². The number of rotatable bonds is 9. The second-order valence-electron chi connectivity index (χ2n) is 9.78. The zero-order valence-corrected chi connectivity index (χ0v) is 23.5. The molecule has 0 bridgehead atoms. The molecule has 0 radical (unpaired) electrons. The van der Waals surface area contributed by atoms with Gasteiger partial charge in [0.25, 0.3) is 23.6 Å². The van der Waals surface area contributed by atoms with E-state index in [4.69, 9.17) is 9.47 Å². The van der Waals surface area contributed by atoms with E-state index in [2.05, 4.69) is 10.6 Å². The van der Waals surface area contributed by atoms with Crippen LogP contribution in [0, 0.1) is 27.7 Å². The zero-order valence-electron chi connectivity index (χ0n) is 23.5. The van der Waals surface area contributed by atoms with Gasteiger partial charge in [-0.1, -0.05) is 24.3 Å². The predicted octanol–water partition coefficient (Wildman–Crippen LogP) is 3.49. The summed E-state index contributed by atoms with van der Waals surface area (Å²) in [6, 6.07) is 14.5. The summed E-state index contributed by atoms with van der Waals surface area (Å²) < 4.78 is 10.1. The van der Waals surface area contributed by atoms with Gasteiger partial charge in [0.1, 0.15) is 6.54 Å². The molecule has 4 amide bonds. The molecule has 1 aliphatic heterocycles.